The van der Waals surface area contributed by atoms with Crippen molar-refractivity contribution in [3.8, 4) is 11.3 Å². The van der Waals surface area contributed by atoms with Gasteiger partial charge in [0.25, 0.3) is 0 Å². The van der Waals surface area contributed by atoms with E-state index >= 15 is 0 Å². The Labute approximate surface area is 157 Å². The largest absolute Gasteiger partial charge is 0.247 e. The van der Waals surface area contributed by atoms with Crippen molar-refractivity contribution in [3.05, 3.63) is 72.2 Å². The highest BCUT2D eigenvalue weighted by atomic mass is 32.2. The highest BCUT2D eigenvalue weighted by Crippen LogP contribution is 2.26. The zero-order chi connectivity index (χ0) is 18.9. The summed E-state index contributed by atoms with van der Waals surface area (Å²) in [5, 5.41) is 8.37. The summed E-state index contributed by atoms with van der Waals surface area (Å²) in [5.41, 5.74) is 1.90. The van der Waals surface area contributed by atoms with E-state index in [1.807, 2.05) is 36.5 Å². The Bertz CT molecular complexity index is 1040. The smallest absolute Gasteiger partial charge is 0.218 e. The predicted molar refractivity (Wildman–Crippen MR) is 99.7 cm³/mol. The van der Waals surface area contributed by atoms with Gasteiger partial charge in [-0.15, -0.1) is 5.10 Å². The summed E-state index contributed by atoms with van der Waals surface area (Å²) in [7, 11) is -3.59. The first-order valence-electron chi connectivity index (χ1n) is 8.71. The number of benzene rings is 2. The van der Waals surface area contributed by atoms with Gasteiger partial charge in [-0.1, -0.05) is 53.7 Å². The van der Waals surface area contributed by atoms with Crippen LogP contribution < -0.4 is 0 Å². The fourth-order valence-corrected chi connectivity index (χ4v) is 4.87. The van der Waals surface area contributed by atoms with Crippen LogP contribution in [0.3, 0.4) is 0 Å². The van der Waals surface area contributed by atoms with E-state index in [4.69, 9.17) is 0 Å². The van der Waals surface area contributed by atoms with Gasteiger partial charge in [-0.25, -0.2) is 17.5 Å². The molecule has 8 heteroatoms. The molecule has 0 radical (unpaired) electrons. The van der Waals surface area contributed by atoms with Crippen molar-refractivity contribution in [1.29, 1.82) is 0 Å². The topological polar surface area (TPSA) is 68.1 Å². The third-order valence-corrected chi connectivity index (χ3v) is 6.56. The third-order valence-electron chi connectivity index (χ3n) is 4.77. The van der Waals surface area contributed by atoms with Gasteiger partial charge in [0.05, 0.1) is 18.0 Å². The van der Waals surface area contributed by atoms with Crippen molar-refractivity contribution in [2.24, 2.45) is 0 Å². The molecule has 1 aliphatic heterocycles. The van der Waals surface area contributed by atoms with Gasteiger partial charge in [0.1, 0.15) is 11.5 Å². The molecule has 0 amide bonds. The minimum atomic E-state index is -3.59. The maximum atomic E-state index is 13.8. The fraction of sp³-hybridized carbons (Fsp3) is 0.263. The van der Waals surface area contributed by atoms with Crippen LogP contribution in [0, 0.1) is 5.82 Å². The van der Waals surface area contributed by atoms with E-state index < -0.39 is 15.8 Å². The van der Waals surface area contributed by atoms with Crippen molar-refractivity contribution in [2.45, 2.75) is 18.2 Å². The Morgan fingerprint density at radius 2 is 1.81 bits per heavy atom. The molecule has 0 bridgehead atoms. The normalized spacial score (nSPS) is 18.0. The standard InChI is InChI=1S/C19H19FN4O2S/c20-18-9-5-4-8-16(18)14-27(25,26)23-11-10-17(12-23)24-13-19(21-22-24)15-6-2-1-3-7-15/h1-9,13,17H,10-12,14H2. The maximum absolute atomic E-state index is 13.8. The van der Waals surface area contributed by atoms with Crippen LogP contribution in [-0.4, -0.2) is 40.8 Å². The summed E-state index contributed by atoms with van der Waals surface area (Å²) < 4.78 is 42.3. The highest BCUT2D eigenvalue weighted by molar-refractivity contribution is 7.88. The minimum absolute atomic E-state index is 0.0784. The van der Waals surface area contributed by atoms with Gasteiger partial charge in [-0.3, -0.25) is 0 Å². The number of hydrogen-bond donors (Lipinski definition) is 0. The van der Waals surface area contributed by atoms with E-state index in [2.05, 4.69) is 10.3 Å². The van der Waals surface area contributed by atoms with Crippen LogP contribution in [0.2, 0.25) is 0 Å². The van der Waals surface area contributed by atoms with Gasteiger partial charge in [-0.05, 0) is 12.5 Å². The molecular formula is C19H19FN4O2S. The van der Waals surface area contributed by atoms with Gasteiger partial charge in [-0.2, -0.15) is 4.31 Å². The molecule has 2 heterocycles. The molecule has 140 valence electrons. The fourth-order valence-electron chi connectivity index (χ4n) is 3.28. The summed E-state index contributed by atoms with van der Waals surface area (Å²) in [6.07, 6.45) is 2.49. The molecule has 1 atom stereocenters. The molecular weight excluding hydrogens is 367 g/mol. The molecule has 0 saturated carbocycles. The van der Waals surface area contributed by atoms with E-state index in [-0.39, 0.29) is 17.4 Å². The number of sulfonamides is 1. The monoisotopic (exact) mass is 386 g/mol. The summed E-state index contributed by atoms with van der Waals surface area (Å²) in [6, 6.07) is 15.6. The molecule has 1 saturated heterocycles. The van der Waals surface area contributed by atoms with Crippen LogP contribution in [0.1, 0.15) is 18.0 Å². The van der Waals surface area contributed by atoms with Crippen LogP contribution in [0.5, 0.6) is 0 Å². The molecule has 1 aliphatic rings. The molecule has 4 rings (SSSR count). The van der Waals surface area contributed by atoms with E-state index in [1.165, 1.54) is 16.4 Å². The number of halogens is 1. The van der Waals surface area contributed by atoms with Crippen LogP contribution >= 0.6 is 0 Å². The van der Waals surface area contributed by atoms with Gasteiger partial charge < -0.3 is 0 Å². The first-order chi connectivity index (χ1) is 13.0. The zero-order valence-corrected chi connectivity index (χ0v) is 15.4. The van der Waals surface area contributed by atoms with Crippen LogP contribution in [0.4, 0.5) is 4.39 Å². The second-order valence-corrected chi connectivity index (χ2v) is 8.57. The van der Waals surface area contributed by atoms with Crippen molar-refractivity contribution in [3.63, 3.8) is 0 Å². The number of rotatable bonds is 5. The lowest BCUT2D eigenvalue weighted by atomic mass is 10.2. The van der Waals surface area contributed by atoms with Crippen LogP contribution in [-0.2, 0) is 15.8 Å². The summed E-state index contributed by atoms with van der Waals surface area (Å²) in [4.78, 5) is 0. The first kappa shape index (κ1) is 17.8. The van der Waals surface area contributed by atoms with Crippen molar-refractivity contribution in [2.75, 3.05) is 13.1 Å². The second kappa shape index (κ2) is 7.21. The Morgan fingerprint density at radius 3 is 2.59 bits per heavy atom. The Hall–Kier alpha value is -2.58. The second-order valence-electron chi connectivity index (χ2n) is 6.60. The molecule has 6 nitrogen and oxygen atoms in total. The third kappa shape index (κ3) is 3.77. The lowest BCUT2D eigenvalue weighted by Gasteiger charge is -2.16. The lowest BCUT2D eigenvalue weighted by molar-refractivity contribution is 0.427. The van der Waals surface area contributed by atoms with Gasteiger partial charge in [0, 0.05) is 24.2 Å². The van der Waals surface area contributed by atoms with Crippen LogP contribution in [0.25, 0.3) is 11.3 Å². The first-order valence-corrected chi connectivity index (χ1v) is 10.3. The molecule has 3 aromatic rings. The lowest BCUT2D eigenvalue weighted by Crippen LogP contribution is -2.30. The molecule has 0 aliphatic carbocycles. The van der Waals surface area contributed by atoms with E-state index in [1.54, 1.807) is 16.8 Å². The zero-order valence-electron chi connectivity index (χ0n) is 14.6. The Balaban J connectivity index is 1.47. The number of nitrogens with zero attached hydrogens (tertiary/aromatic N) is 4. The average Bonchev–Trinajstić information content (AvgIpc) is 3.34. The van der Waals surface area contributed by atoms with Crippen molar-refractivity contribution < 1.29 is 12.8 Å². The molecule has 0 spiro atoms. The molecule has 1 aromatic heterocycles. The van der Waals surface area contributed by atoms with Gasteiger partial charge in [0.15, 0.2) is 0 Å². The summed E-state index contributed by atoms with van der Waals surface area (Å²) in [6.45, 7) is 0.705. The number of aromatic nitrogens is 3. The van der Waals surface area contributed by atoms with Crippen molar-refractivity contribution in [1.82, 2.24) is 19.3 Å². The maximum Gasteiger partial charge on any atom is 0.218 e. The van der Waals surface area contributed by atoms with Gasteiger partial charge >= 0.3 is 0 Å². The van der Waals surface area contributed by atoms with Crippen molar-refractivity contribution >= 4 is 10.0 Å². The SMILES string of the molecule is O=S(=O)(Cc1ccccc1F)N1CCC(n2cc(-c3ccccc3)nn2)C1. The van der Waals surface area contributed by atoms with E-state index in [0.29, 0.717) is 19.5 Å². The molecule has 0 N–H and O–H groups in total. The number of hydrogen-bond acceptors (Lipinski definition) is 4. The Morgan fingerprint density at radius 1 is 1.07 bits per heavy atom. The highest BCUT2D eigenvalue weighted by Gasteiger charge is 2.33. The van der Waals surface area contributed by atoms with Gasteiger partial charge in [0.2, 0.25) is 10.0 Å². The van der Waals surface area contributed by atoms with E-state index in [9.17, 15) is 12.8 Å². The average molecular weight is 386 g/mol. The Kier molecular flexibility index (Phi) is 4.75. The summed E-state index contributed by atoms with van der Waals surface area (Å²) >= 11 is 0. The molecule has 1 unspecified atom stereocenters. The molecule has 1 fully saturated rings. The minimum Gasteiger partial charge on any atom is -0.247 e. The summed E-state index contributed by atoms with van der Waals surface area (Å²) in [5.74, 6) is -0.834. The molecule has 2 aromatic carbocycles. The predicted octanol–water partition coefficient (Wildman–Crippen LogP) is 2.86. The molecule has 27 heavy (non-hydrogen) atoms. The van der Waals surface area contributed by atoms with Crippen LogP contribution in [0.15, 0.2) is 60.8 Å². The quantitative estimate of drug-likeness (QED) is 0.676. The van der Waals surface area contributed by atoms with E-state index in [0.717, 1.165) is 11.3 Å².